The fourth-order valence-electron chi connectivity index (χ4n) is 3.03. The summed E-state index contributed by atoms with van der Waals surface area (Å²) < 4.78 is 26.1. The van der Waals surface area contributed by atoms with Gasteiger partial charge in [0.2, 0.25) is 5.91 Å². The number of halogens is 4. The molecule has 0 aromatic heterocycles. The third-order valence-electron chi connectivity index (χ3n) is 4.31. The molecule has 0 aromatic carbocycles. The van der Waals surface area contributed by atoms with Crippen LogP contribution in [0.4, 0.5) is 8.78 Å². The van der Waals surface area contributed by atoms with Crippen molar-refractivity contribution in [3.63, 3.8) is 0 Å². The molecular weight excluding hydrogens is 335 g/mol. The lowest BCUT2D eigenvalue weighted by molar-refractivity contribution is -0.123. The van der Waals surface area contributed by atoms with E-state index in [9.17, 15) is 13.6 Å². The second-order valence-electron chi connectivity index (χ2n) is 6.33. The van der Waals surface area contributed by atoms with Crippen molar-refractivity contribution < 1.29 is 13.6 Å². The van der Waals surface area contributed by atoms with Crippen molar-refractivity contribution in [2.45, 2.75) is 51.1 Å². The number of piperidine rings is 1. The lowest BCUT2D eigenvalue weighted by Gasteiger charge is -2.35. The summed E-state index contributed by atoms with van der Waals surface area (Å²) in [6.45, 7) is 6.55. The van der Waals surface area contributed by atoms with Gasteiger partial charge in [-0.05, 0) is 32.2 Å². The van der Waals surface area contributed by atoms with Gasteiger partial charge in [-0.2, -0.15) is 0 Å². The normalized spacial score (nSPS) is 29.1. The average molecular weight is 362 g/mol. The van der Waals surface area contributed by atoms with Gasteiger partial charge in [0.25, 0.3) is 5.92 Å². The Morgan fingerprint density at radius 3 is 2.68 bits per heavy atom. The molecule has 0 bridgehead atoms. The van der Waals surface area contributed by atoms with Crippen LogP contribution in [0.25, 0.3) is 0 Å². The molecule has 0 spiro atoms. The monoisotopic (exact) mass is 361 g/mol. The zero-order chi connectivity index (χ0) is 14.8. The number of carbonyl (C=O) groups is 1. The highest BCUT2D eigenvalue weighted by molar-refractivity contribution is 5.85. The molecule has 0 radical (unpaired) electrons. The van der Waals surface area contributed by atoms with Crippen LogP contribution < -0.4 is 10.6 Å². The van der Waals surface area contributed by atoms with Crippen molar-refractivity contribution in [1.82, 2.24) is 15.5 Å². The van der Waals surface area contributed by atoms with Crippen molar-refractivity contribution in [2.75, 3.05) is 26.2 Å². The lowest BCUT2D eigenvalue weighted by Crippen LogP contribution is -2.49. The van der Waals surface area contributed by atoms with Gasteiger partial charge in [0.1, 0.15) is 0 Å². The largest absolute Gasteiger partial charge is 0.353 e. The molecule has 8 heteroatoms. The Morgan fingerprint density at radius 1 is 1.45 bits per heavy atom. The van der Waals surface area contributed by atoms with E-state index in [0.29, 0.717) is 12.5 Å². The molecular formula is C14H27Cl2F2N3O. The highest BCUT2D eigenvalue weighted by Crippen LogP contribution is 2.25. The summed E-state index contributed by atoms with van der Waals surface area (Å²) in [6, 6.07) is -0.499. The molecule has 2 fully saturated rings. The van der Waals surface area contributed by atoms with Crippen molar-refractivity contribution >= 4 is 30.7 Å². The van der Waals surface area contributed by atoms with Crippen molar-refractivity contribution in [3.8, 4) is 0 Å². The number of rotatable bonds is 4. The lowest BCUT2D eigenvalue weighted by atomic mass is 9.99. The van der Waals surface area contributed by atoms with E-state index in [1.54, 1.807) is 0 Å². The van der Waals surface area contributed by atoms with E-state index in [4.69, 9.17) is 0 Å². The van der Waals surface area contributed by atoms with Gasteiger partial charge < -0.3 is 5.32 Å². The highest BCUT2D eigenvalue weighted by Gasteiger charge is 2.42. The standard InChI is InChI=1S/C14H25F2N3O.2ClH/c1-10-4-3-5-19(8-10)11(2)7-17-13(20)12-6-14(15,16)9-18-12;;/h10-12,18H,3-9H2,1-2H3,(H,17,20);2*1H. The van der Waals surface area contributed by atoms with Gasteiger partial charge in [-0.15, -0.1) is 24.8 Å². The molecule has 0 saturated carbocycles. The molecule has 2 aliphatic rings. The number of hydrogen-bond donors (Lipinski definition) is 2. The molecule has 3 atom stereocenters. The smallest absolute Gasteiger partial charge is 0.262 e. The molecule has 0 aliphatic carbocycles. The third kappa shape index (κ3) is 6.14. The van der Waals surface area contributed by atoms with Gasteiger partial charge in [0, 0.05) is 25.6 Å². The van der Waals surface area contributed by atoms with Gasteiger partial charge in [-0.1, -0.05) is 6.92 Å². The molecule has 22 heavy (non-hydrogen) atoms. The van der Waals surface area contributed by atoms with E-state index in [1.807, 2.05) is 0 Å². The molecule has 2 N–H and O–H groups in total. The quantitative estimate of drug-likeness (QED) is 0.805. The SMILES string of the molecule is CC1CCCN(C(C)CNC(=O)C2CC(F)(F)CN2)C1.Cl.Cl. The number of hydrogen-bond acceptors (Lipinski definition) is 3. The van der Waals surface area contributed by atoms with Gasteiger partial charge in [0.15, 0.2) is 0 Å². The van der Waals surface area contributed by atoms with Crippen LogP contribution >= 0.6 is 24.8 Å². The van der Waals surface area contributed by atoms with Crippen molar-refractivity contribution in [2.24, 2.45) is 5.92 Å². The summed E-state index contributed by atoms with van der Waals surface area (Å²) in [5, 5.41) is 5.38. The molecule has 2 rings (SSSR count). The summed E-state index contributed by atoms with van der Waals surface area (Å²) in [5.74, 6) is -2.37. The summed E-state index contributed by atoms with van der Waals surface area (Å²) in [4.78, 5) is 14.2. The summed E-state index contributed by atoms with van der Waals surface area (Å²) in [6.07, 6.45) is 2.06. The summed E-state index contributed by atoms with van der Waals surface area (Å²) in [7, 11) is 0. The zero-order valence-electron chi connectivity index (χ0n) is 13.1. The first-order valence-electron chi connectivity index (χ1n) is 7.50. The fourth-order valence-corrected chi connectivity index (χ4v) is 3.03. The van der Waals surface area contributed by atoms with E-state index in [1.165, 1.54) is 12.8 Å². The van der Waals surface area contributed by atoms with Gasteiger partial charge in [-0.25, -0.2) is 8.78 Å². The summed E-state index contributed by atoms with van der Waals surface area (Å²) >= 11 is 0. The van der Waals surface area contributed by atoms with Crippen LogP contribution in [0, 0.1) is 5.92 Å². The van der Waals surface area contributed by atoms with E-state index < -0.39 is 24.9 Å². The first kappa shape index (κ1) is 21.8. The third-order valence-corrected chi connectivity index (χ3v) is 4.31. The number of nitrogens with zero attached hydrogens (tertiary/aromatic N) is 1. The molecule has 0 aromatic rings. The first-order valence-corrected chi connectivity index (χ1v) is 7.50. The van der Waals surface area contributed by atoms with Gasteiger partial charge in [0.05, 0.1) is 12.6 Å². The average Bonchev–Trinajstić information content (AvgIpc) is 2.76. The second-order valence-corrected chi connectivity index (χ2v) is 6.33. The minimum atomic E-state index is -2.75. The van der Waals surface area contributed by atoms with Crippen molar-refractivity contribution in [1.29, 1.82) is 0 Å². The van der Waals surface area contributed by atoms with Crippen molar-refractivity contribution in [3.05, 3.63) is 0 Å². The Labute approximate surface area is 143 Å². The maximum Gasteiger partial charge on any atom is 0.262 e. The maximum atomic E-state index is 13.0. The number of amides is 1. The Morgan fingerprint density at radius 2 is 2.14 bits per heavy atom. The van der Waals surface area contributed by atoms with E-state index in [0.717, 1.165) is 13.1 Å². The summed E-state index contributed by atoms with van der Waals surface area (Å²) in [5.41, 5.74) is 0. The number of nitrogens with one attached hydrogen (secondary N) is 2. The Hall–Kier alpha value is -0.170. The molecule has 4 nitrogen and oxygen atoms in total. The minimum Gasteiger partial charge on any atom is -0.353 e. The first-order chi connectivity index (χ1) is 9.37. The second kappa shape index (κ2) is 9.21. The van der Waals surface area contributed by atoms with Crippen LogP contribution in [0.1, 0.15) is 33.1 Å². The van der Waals surface area contributed by atoms with Crippen LogP contribution in [0.2, 0.25) is 0 Å². The minimum absolute atomic E-state index is 0. The van der Waals surface area contributed by atoms with Gasteiger partial charge >= 0.3 is 0 Å². The van der Waals surface area contributed by atoms with Crippen LogP contribution in [0.3, 0.4) is 0 Å². The van der Waals surface area contributed by atoms with Crippen LogP contribution in [0.5, 0.6) is 0 Å². The van der Waals surface area contributed by atoms with E-state index >= 15 is 0 Å². The highest BCUT2D eigenvalue weighted by atomic mass is 35.5. The number of likely N-dealkylation sites (tertiary alicyclic amines) is 1. The molecule has 2 aliphatic heterocycles. The Bertz CT molecular complexity index is 361. The number of alkyl halides is 2. The van der Waals surface area contributed by atoms with Crippen LogP contribution in [-0.4, -0.2) is 55.0 Å². The predicted molar refractivity (Wildman–Crippen MR) is 88.3 cm³/mol. The number of carbonyl (C=O) groups excluding carboxylic acids is 1. The van der Waals surface area contributed by atoms with Crippen LogP contribution in [0.15, 0.2) is 0 Å². The maximum absolute atomic E-state index is 13.0. The predicted octanol–water partition coefficient (Wildman–Crippen LogP) is 2.06. The Balaban J connectivity index is 0.00000220. The molecule has 2 heterocycles. The Kier molecular flexibility index (Phi) is 9.13. The topological polar surface area (TPSA) is 44.4 Å². The van der Waals surface area contributed by atoms with Crippen LogP contribution in [-0.2, 0) is 4.79 Å². The molecule has 2 saturated heterocycles. The van der Waals surface area contributed by atoms with E-state index in [-0.39, 0.29) is 36.8 Å². The van der Waals surface area contributed by atoms with Gasteiger partial charge in [-0.3, -0.25) is 15.0 Å². The molecule has 132 valence electrons. The molecule has 1 amide bonds. The van der Waals surface area contributed by atoms with E-state index in [2.05, 4.69) is 29.4 Å². The zero-order valence-corrected chi connectivity index (χ0v) is 14.7. The molecule has 3 unspecified atom stereocenters. The fraction of sp³-hybridized carbons (Fsp3) is 0.929.